The number of H-pyrrole nitrogens is 1. The molecule has 2 heterocycles. The molecular formula is C16H16FN3O2. The molecule has 0 radical (unpaired) electrons. The first-order chi connectivity index (χ1) is 10.8. The van der Waals surface area contributed by atoms with Gasteiger partial charge in [0.25, 0.3) is 0 Å². The van der Waals surface area contributed by atoms with Crippen LogP contribution >= 0.6 is 0 Å². The smallest absolute Gasteiger partial charge is 0.170 e. The van der Waals surface area contributed by atoms with E-state index in [0.717, 1.165) is 10.9 Å². The summed E-state index contributed by atoms with van der Waals surface area (Å²) < 4.78 is 23.7. The first-order valence-electron chi connectivity index (χ1n) is 6.95. The van der Waals surface area contributed by atoms with Crippen LogP contribution in [0.15, 0.2) is 42.7 Å². The van der Waals surface area contributed by atoms with Gasteiger partial charge in [-0.05, 0) is 18.2 Å². The Balaban J connectivity index is 1.92. The lowest BCUT2D eigenvalue weighted by atomic mass is 10.2. The zero-order valence-corrected chi connectivity index (χ0v) is 11.9. The second kappa shape index (κ2) is 6.34. The lowest BCUT2D eigenvalue weighted by Gasteiger charge is -2.13. The lowest BCUT2D eigenvalue weighted by molar-refractivity contribution is 0.279. The van der Waals surface area contributed by atoms with Crippen molar-refractivity contribution in [2.24, 2.45) is 0 Å². The van der Waals surface area contributed by atoms with Crippen LogP contribution in [0.4, 0.5) is 10.2 Å². The average Bonchev–Trinajstić information content (AvgIpc) is 2.95. The Kier molecular flexibility index (Phi) is 4.09. The number of benzene rings is 1. The Hall–Kier alpha value is -2.76. The number of nitrogens with two attached hydrogens (primary N) is 1. The highest BCUT2D eigenvalue weighted by Crippen LogP contribution is 2.35. The third-order valence-corrected chi connectivity index (χ3v) is 3.13. The molecule has 0 aliphatic heterocycles. The fraction of sp³-hybridized carbons (Fsp3) is 0.188. The Morgan fingerprint density at radius 1 is 1.18 bits per heavy atom. The SMILES string of the molecule is Nc1cc(Oc2cc3cc[nH]c3cc2OCCCF)ccn1. The first-order valence-corrected chi connectivity index (χ1v) is 6.95. The Labute approximate surface area is 126 Å². The summed E-state index contributed by atoms with van der Waals surface area (Å²) in [5.74, 6) is 2.05. The summed E-state index contributed by atoms with van der Waals surface area (Å²) in [6.07, 6.45) is 3.75. The van der Waals surface area contributed by atoms with Crippen LogP contribution in [0, 0.1) is 0 Å². The van der Waals surface area contributed by atoms with Crippen LogP contribution in [0.1, 0.15) is 6.42 Å². The number of hydrogen-bond donors (Lipinski definition) is 2. The van der Waals surface area contributed by atoms with E-state index in [1.165, 1.54) is 0 Å². The molecule has 0 unspecified atom stereocenters. The molecule has 114 valence electrons. The minimum atomic E-state index is -0.415. The fourth-order valence-corrected chi connectivity index (χ4v) is 2.11. The summed E-state index contributed by atoms with van der Waals surface area (Å²) in [6.45, 7) is -0.126. The van der Waals surface area contributed by atoms with Gasteiger partial charge in [0.05, 0.1) is 13.3 Å². The van der Waals surface area contributed by atoms with E-state index in [4.69, 9.17) is 15.2 Å². The number of pyridine rings is 1. The van der Waals surface area contributed by atoms with Gasteiger partial charge >= 0.3 is 0 Å². The second-order valence-electron chi connectivity index (χ2n) is 4.77. The van der Waals surface area contributed by atoms with Crippen LogP contribution in [0.5, 0.6) is 17.2 Å². The summed E-state index contributed by atoms with van der Waals surface area (Å²) in [4.78, 5) is 7.04. The van der Waals surface area contributed by atoms with Crippen LogP contribution in [-0.4, -0.2) is 23.2 Å². The minimum Gasteiger partial charge on any atom is -0.489 e. The normalized spacial score (nSPS) is 10.8. The molecule has 6 heteroatoms. The summed E-state index contributed by atoms with van der Waals surface area (Å²) in [5, 5.41) is 0.995. The molecule has 2 aromatic heterocycles. The number of ether oxygens (including phenoxy) is 2. The summed E-state index contributed by atoms with van der Waals surface area (Å²) in [6, 6.07) is 8.99. The van der Waals surface area contributed by atoms with Crippen molar-refractivity contribution in [2.45, 2.75) is 6.42 Å². The fourth-order valence-electron chi connectivity index (χ4n) is 2.11. The lowest BCUT2D eigenvalue weighted by Crippen LogP contribution is -2.00. The van der Waals surface area contributed by atoms with E-state index < -0.39 is 6.67 Å². The van der Waals surface area contributed by atoms with Crippen molar-refractivity contribution in [3.05, 3.63) is 42.7 Å². The Morgan fingerprint density at radius 2 is 2.09 bits per heavy atom. The zero-order valence-electron chi connectivity index (χ0n) is 11.9. The van der Waals surface area contributed by atoms with E-state index in [0.29, 0.717) is 29.5 Å². The van der Waals surface area contributed by atoms with Crippen molar-refractivity contribution >= 4 is 16.7 Å². The van der Waals surface area contributed by atoms with E-state index >= 15 is 0 Å². The Morgan fingerprint density at radius 3 is 2.91 bits per heavy atom. The number of alkyl halides is 1. The van der Waals surface area contributed by atoms with Crippen LogP contribution in [0.2, 0.25) is 0 Å². The van der Waals surface area contributed by atoms with Gasteiger partial charge in [0.2, 0.25) is 0 Å². The number of hydrogen-bond acceptors (Lipinski definition) is 4. The van der Waals surface area contributed by atoms with Crippen LogP contribution < -0.4 is 15.2 Å². The quantitative estimate of drug-likeness (QED) is 0.681. The highest BCUT2D eigenvalue weighted by molar-refractivity contribution is 5.83. The monoisotopic (exact) mass is 301 g/mol. The van der Waals surface area contributed by atoms with Gasteiger partial charge in [0, 0.05) is 41.9 Å². The number of nitrogens with zero attached hydrogens (tertiary/aromatic N) is 1. The number of halogens is 1. The van der Waals surface area contributed by atoms with E-state index in [2.05, 4.69) is 9.97 Å². The van der Waals surface area contributed by atoms with Gasteiger partial charge in [-0.25, -0.2) is 4.98 Å². The molecule has 0 amide bonds. The highest BCUT2D eigenvalue weighted by Gasteiger charge is 2.10. The molecule has 0 bridgehead atoms. The maximum Gasteiger partial charge on any atom is 0.170 e. The van der Waals surface area contributed by atoms with Gasteiger partial charge in [-0.15, -0.1) is 0 Å². The molecule has 0 fully saturated rings. The number of fused-ring (bicyclic) bond motifs is 1. The first kappa shape index (κ1) is 14.2. The molecule has 0 saturated carbocycles. The summed E-state index contributed by atoms with van der Waals surface area (Å²) in [5.41, 5.74) is 6.58. The molecule has 1 aromatic carbocycles. The minimum absolute atomic E-state index is 0.289. The van der Waals surface area contributed by atoms with Crippen molar-refractivity contribution in [2.75, 3.05) is 19.0 Å². The Bertz CT molecular complexity index is 773. The molecule has 3 N–H and O–H groups in total. The maximum absolute atomic E-state index is 12.3. The number of rotatable bonds is 6. The number of nitrogens with one attached hydrogen (secondary N) is 1. The van der Waals surface area contributed by atoms with Crippen molar-refractivity contribution in [3.8, 4) is 17.2 Å². The van der Waals surface area contributed by atoms with E-state index in [9.17, 15) is 4.39 Å². The van der Waals surface area contributed by atoms with Gasteiger partial charge in [0.15, 0.2) is 11.5 Å². The van der Waals surface area contributed by atoms with E-state index in [1.54, 1.807) is 18.3 Å². The van der Waals surface area contributed by atoms with Crippen LogP contribution in [0.3, 0.4) is 0 Å². The molecule has 3 aromatic rings. The highest BCUT2D eigenvalue weighted by atomic mass is 19.1. The van der Waals surface area contributed by atoms with Gasteiger partial charge < -0.3 is 20.2 Å². The third kappa shape index (κ3) is 3.11. The molecular weight excluding hydrogens is 285 g/mol. The predicted molar refractivity (Wildman–Crippen MR) is 83.1 cm³/mol. The van der Waals surface area contributed by atoms with Crippen LogP contribution in [0.25, 0.3) is 10.9 Å². The average molecular weight is 301 g/mol. The van der Waals surface area contributed by atoms with E-state index in [1.807, 2.05) is 24.4 Å². The summed E-state index contributed by atoms with van der Waals surface area (Å²) >= 11 is 0. The number of nitrogen functional groups attached to an aromatic ring is 1. The predicted octanol–water partition coefficient (Wildman–Crippen LogP) is 3.68. The molecule has 0 aliphatic carbocycles. The van der Waals surface area contributed by atoms with Gasteiger partial charge in [-0.2, -0.15) is 0 Å². The topological polar surface area (TPSA) is 73.2 Å². The molecule has 3 rings (SSSR count). The molecule has 0 saturated heterocycles. The number of aromatic amines is 1. The standard InChI is InChI=1S/C16H16FN3O2/c17-4-1-7-21-14-10-13-11(2-5-19-13)8-15(14)22-12-3-6-20-16(18)9-12/h2-3,5-6,8-10,19H,1,4,7H2,(H2,18,20). The molecule has 5 nitrogen and oxygen atoms in total. The largest absolute Gasteiger partial charge is 0.489 e. The third-order valence-electron chi connectivity index (χ3n) is 3.13. The summed E-state index contributed by atoms with van der Waals surface area (Å²) in [7, 11) is 0. The van der Waals surface area contributed by atoms with Crippen molar-refractivity contribution in [3.63, 3.8) is 0 Å². The molecule has 0 atom stereocenters. The van der Waals surface area contributed by atoms with Crippen molar-refractivity contribution in [1.29, 1.82) is 0 Å². The maximum atomic E-state index is 12.3. The van der Waals surface area contributed by atoms with Crippen molar-refractivity contribution in [1.82, 2.24) is 9.97 Å². The molecule has 22 heavy (non-hydrogen) atoms. The van der Waals surface area contributed by atoms with Gasteiger partial charge in [0.1, 0.15) is 11.6 Å². The number of anilines is 1. The van der Waals surface area contributed by atoms with Gasteiger partial charge in [-0.3, -0.25) is 4.39 Å². The van der Waals surface area contributed by atoms with E-state index in [-0.39, 0.29) is 6.61 Å². The van der Waals surface area contributed by atoms with Gasteiger partial charge in [-0.1, -0.05) is 0 Å². The number of aromatic nitrogens is 2. The van der Waals surface area contributed by atoms with Crippen LogP contribution in [-0.2, 0) is 0 Å². The zero-order chi connectivity index (χ0) is 15.4. The molecule has 0 spiro atoms. The van der Waals surface area contributed by atoms with Crippen molar-refractivity contribution < 1.29 is 13.9 Å². The molecule has 0 aliphatic rings. The second-order valence-corrected chi connectivity index (χ2v) is 4.77.